The van der Waals surface area contributed by atoms with Crippen molar-refractivity contribution in [3.63, 3.8) is 0 Å². The average Bonchev–Trinajstić information content (AvgIpc) is 2.91. The molecule has 0 aliphatic rings. The van der Waals surface area contributed by atoms with E-state index in [-0.39, 0.29) is 11.5 Å². The fourth-order valence-corrected chi connectivity index (χ4v) is 1.80. The molecule has 1 aromatic heterocycles. The first kappa shape index (κ1) is 13.8. The van der Waals surface area contributed by atoms with E-state index in [1.807, 2.05) is 18.2 Å². The second-order valence-electron chi connectivity index (χ2n) is 4.24. The number of aromatic nitrogens is 1. The van der Waals surface area contributed by atoms with Gasteiger partial charge in [0.2, 0.25) is 5.76 Å². The van der Waals surface area contributed by atoms with Crippen LogP contribution in [0.25, 0.3) is 0 Å². The van der Waals surface area contributed by atoms with Gasteiger partial charge in [0.05, 0.1) is 0 Å². The summed E-state index contributed by atoms with van der Waals surface area (Å²) in [5.74, 6) is -2.12. The van der Waals surface area contributed by atoms with Crippen molar-refractivity contribution < 1.29 is 19.2 Å². The third-order valence-corrected chi connectivity index (χ3v) is 2.74. The minimum absolute atomic E-state index is 0.0614. The predicted octanol–water partition coefficient (Wildman–Crippen LogP) is 2.58. The highest BCUT2D eigenvalue weighted by Gasteiger charge is 2.17. The van der Waals surface area contributed by atoms with E-state index < -0.39 is 11.9 Å². The minimum atomic E-state index is -1.26. The number of amides is 1. The number of anilines is 1. The Morgan fingerprint density at radius 2 is 2.10 bits per heavy atom. The van der Waals surface area contributed by atoms with Crippen molar-refractivity contribution in [1.82, 2.24) is 5.16 Å². The van der Waals surface area contributed by atoms with Crippen LogP contribution in [0.2, 0.25) is 0 Å². The Morgan fingerprint density at radius 3 is 2.75 bits per heavy atom. The van der Waals surface area contributed by atoms with Crippen LogP contribution in [0, 0.1) is 0 Å². The third-order valence-electron chi connectivity index (χ3n) is 2.74. The van der Waals surface area contributed by atoms with E-state index in [0.717, 1.165) is 24.5 Å². The number of aryl methyl sites for hydroxylation is 1. The first-order chi connectivity index (χ1) is 9.61. The van der Waals surface area contributed by atoms with Crippen molar-refractivity contribution in [2.75, 3.05) is 5.32 Å². The van der Waals surface area contributed by atoms with Gasteiger partial charge in [-0.25, -0.2) is 4.79 Å². The molecule has 2 aromatic rings. The van der Waals surface area contributed by atoms with E-state index in [4.69, 9.17) is 5.11 Å². The molecule has 6 heteroatoms. The molecule has 1 heterocycles. The van der Waals surface area contributed by atoms with Crippen molar-refractivity contribution in [2.24, 2.45) is 0 Å². The Hall–Kier alpha value is -2.63. The fourth-order valence-electron chi connectivity index (χ4n) is 1.80. The van der Waals surface area contributed by atoms with Crippen LogP contribution in [-0.2, 0) is 6.42 Å². The Morgan fingerprint density at radius 1 is 1.35 bits per heavy atom. The average molecular weight is 274 g/mol. The van der Waals surface area contributed by atoms with Gasteiger partial charge in [0.25, 0.3) is 5.91 Å². The number of aromatic carboxylic acids is 1. The second kappa shape index (κ2) is 6.01. The van der Waals surface area contributed by atoms with Gasteiger partial charge in [-0.1, -0.05) is 36.7 Å². The van der Waals surface area contributed by atoms with E-state index in [9.17, 15) is 9.59 Å². The highest BCUT2D eigenvalue weighted by molar-refractivity contribution is 6.04. The number of carbonyl (C=O) groups is 2. The zero-order valence-corrected chi connectivity index (χ0v) is 10.9. The van der Waals surface area contributed by atoms with Crippen molar-refractivity contribution in [1.29, 1.82) is 0 Å². The SMILES string of the molecule is CCCc1ccccc1NC(=O)c1cc(C(=O)O)on1. The van der Waals surface area contributed by atoms with Crippen molar-refractivity contribution in [2.45, 2.75) is 19.8 Å². The zero-order valence-electron chi connectivity index (χ0n) is 10.9. The lowest BCUT2D eigenvalue weighted by Gasteiger charge is -2.08. The number of para-hydroxylation sites is 1. The lowest BCUT2D eigenvalue weighted by Crippen LogP contribution is -2.13. The maximum absolute atomic E-state index is 12.0. The molecule has 0 aliphatic carbocycles. The molecule has 20 heavy (non-hydrogen) atoms. The first-order valence-corrected chi connectivity index (χ1v) is 6.21. The topological polar surface area (TPSA) is 92.4 Å². The van der Waals surface area contributed by atoms with Crippen molar-refractivity contribution >= 4 is 17.6 Å². The van der Waals surface area contributed by atoms with Gasteiger partial charge < -0.3 is 14.9 Å². The summed E-state index contributed by atoms with van der Waals surface area (Å²) in [5, 5.41) is 14.9. The summed E-state index contributed by atoms with van der Waals surface area (Å²) >= 11 is 0. The van der Waals surface area contributed by atoms with Crippen LogP contribution >= 0.6 is 0 Å². The Balaban J connectivity index is 2.16. The molecule has 0 spiro atoms. The molecule has 0 aliphatic heterocycles. The van der Waals surface area contributed by atoms with E-state index in [1.165, 1.54) is 0 Å². The summed E-state index contributed by atoms with van der Waals surface area (Å²) in [6, 6.07) is 8.55. The van der Waals surface area contributed by atoms with Gasteiger partial charge in [0.15, 0.2) is 5.69 Å². The summed E-state index contributed by atoms with van der Waals surface area (Å²) in [6.45, 7) is 2.05. The number of carbonyl (C=O) groups excluding carboxylic acids is 1. The lowest BCUT2D eigenvalue weighted by atomic mass is 10.1. The van der Waals surface area contributed by atoms with Crippen LogP contribution in [0.15, 0.2) is 34.9 Å². The van der Waals surface area contributed by atoms with Gasteiger partial charge in [-0.2, -0.15) is 0 Å². The minimum Gasteiger partial charge on any atom is -0.475 e. The molecule has 0 atom stereocenters. The van der Waals surface area contributed by atoms with E-state index in [2.05, 4.69) is 21.9 Å². The van der Waals surface area contributed by atoms with Gasteiger partial charge in [-0.05, 0) is 18.1 Å². The van der Waals surface area contributed by atoms with Crippen molar-refractivity contribution in [3.05, 3.63) is 47.3 Å². The quantitative estimate of drug-likeness (QED) is 0.874. The highest BCUT2D eigenvalue weighted by Crippen LogP contribution is 2.17. The molecule has 0 unspecified atom stereocenters. The van der Waals surface area contributed by atoms with Crippen molar-refractivity contribution in [3.8, 4) is 0 Å². The summed E-state index contributed by atoms with van der Waals surface area (Å²) in [7, 11) is 0. The number of carboxylic acid groups (broad SMARTS) is 1. The summed E-state index contributed by atoms with van der Waals surface area (Å²) in [4.78, 5) is 22.6. The maximum Gasteiger partial charge on any atom is 0.374 e. The molecule has 2 rings (SSSR count). The van der Waals surface area contributed by atoms with Crippen LogP contribution in [0.3, 0.4) is 0 Å². The molecule has 1 amide bonds. The summed E-state index contributed by atoms with van der Waals surface area (Å²) in [6.07, 6.45) is 1.80. The highest BCUT2D eigenvalue weighted by atomic mass is 16.5. The lowest BCUT2D eigenvalue weighted by molar-refractivity contribution is 0.0651. The molecule has 0 saturated carbocycles. The van der Waals surface area contributed by atoms with E-state index in [1.54, 1.807) is 6.07 Å². The molecule has 0 fully saturated rings. The second-order valence-corrected chi connectivity index (χ2v) is 4.24. The fraction of sp³-hybridized carbons (Fsp3) is 0.214. The van der Waals surface area contributed by atoms with Crippen LogP contribution in [0.4, 0.5) is 5.69 Å². The number of rotatable bonds is 5. The molecule has 0 saturated heterocycles. The normalized spacial score (nSPS) is 10.2. The molecule has 1 aromatic carbocycles. The van der Waals surface area contributed by atoms with E-state index in [0.29, 0.717) is 5.69 Å². The number of nitrogens with zero attached hydrogens (tertiary/aromatic N) is 1. The Kier molecular flexibility index (Phi) is 4.14. The number of hydrogen-bond acceptors (Lipinski definition) is 4. The summed E-state index contributed by atoms with van der Waals surface area (Å²) < 4.78 is 4.55. The van der Waals surface area contributed by atoms with Gasteiger partial charge in [-0.15, -0.1) is 0 Å². The van der Waals surface area contributed by atoms with Crippen LogP contribution < -0.4 is 5.32 Å². The van der Waals surface area contributed by atoms with Gasteiger partial charge in [-0.3, -0.25) is 4.79 Å². The predicted molar refractivity (Wildman–Crippen MR) is 71.9 cm³/mol. The Labute approximate surface area is 115 Å². The smallest absolute Gasteiger partial charge is 0.374 e. The molecule has 2 N–H and O–H groups in total. The van der Waals surface area contributed by atoms with Crippen LogP contribution in [0.1, 0.15) is 40.0 Å². The van der Waals surface area contributed by atoms with Crippen LogP contribution in [0.5, 0.6) is 0 Å². The standard InChI is InChI=1S/C14H14N2O4/c1-2-5-9-6-3-4-7-10(9)15-13(17)11-8-12(14(18)19)20-16-11/h3-4,6-8H,2,5H2,1H3,(H,15,17)(H,18,19). The molecule has 6 nitrogen and oxygen atoms in total. The van der Waals surface area contributed by atoms with Crippen LogP contribution in [-0.4, -0.2) is 22.1 Å². The molecule has 0 radical (unpaired) electrons. The number of nitrogens with one attached hydrogen (secondary N) is 1. The van der Waals surface area contributed by atoms with Gasteiger partial charge in [0, 0.05) is 11.8 Å². The van der Waals surface area contributed by atoms with Gasteiger partial charge in [0.1, 0.15) is 0 Å². The Bertz CT molecular complexity index is 634. The largest absolute Gasteiger partial charge is 0.475 e. The zero-order chi connectivity index (χ0) is 14.5. The number of benzene rings is 1. The summed E-state index contributed by atoms with van der Waals surface area (Å²) in [5.41, 5.74) is 1.65. The molecular weight excluding hydrogens is 260 g/mol. The molecule has 0 bridgehead atoms. The third kappa shape index (κ3) is 3.03. The first-order valence-electron chi connectivity index (χ1n) is 6.21. The number of hydrogen-bond donors (Lipinski definition) is 2. The number of carboxylic acids is 1. The van der Waals surface area contributed by atoms with Gasteiger partial charge >= 0.3 is 5.97 Å². The molecule has 104 valence electrons. The van der Waals surface area contributed by atoms with E-state index >= 15 is 0 Å². The monoisotopic (exact) mass is 274 g/mol. The molecular formula is C14H14N2O4. The maximum atomic E-state index is 12.0.